The van der Waals surface area contributed by atoms with Crippen molar-refractivity contribution in [1.82, 2.24) is 0 Å². The van der Waals surface area contributed by atoms with Crippen molar-refractivity contribution in [3.63, 3.8) is 0 Å². The molecule has 0 saturated carbocycles. The molecule has 0 aromatic heterocycles. The molecule has 0 aliphatic carbocycles. The zero-order valence-electron chi connectivity index (χ0n) is 3.76. The van der Waals surface area contributed by atoms with Gasteiger partial charge < -0.3 is 0 Å². The van der Waals surface area contributed by atoms with Crippen molar-refractivity contribution in [3.8, 4) is 0 Å². The molecule has 6 nitrogen and oxygen atoms in total. The van der Waals surface area contributed by atoms with Gasteiger partial charge in [0.15, 0.2) is 0 Å². The first kappa shape index (κ1) is 9.90. The first-order valence-electron chi connectivity index (χ1n) is 1.38. The monoisotopic (exact) mass is 373 g/mol. The maximum atomic E-state index is 9.82. The van der Waals surface area contributed by atoms with Crippen LogP contribution in [0.4, 0.5) is 0 Å². The van der Waals surface area contributed by atoms with Crippen LogP contribution in [0.2, 0.25) is 0 Å². The van der Waals surface area contributed by atoms with Crippen LogP contribution >= 0.6 is 6.33 Å². The second-order valence-electron chi connectivity index (χ2n) is 0.897. The third-order valence-corrected chi connectivity index (χ3v) is 15.8. The van der Waals surface area contributed by atoms with Gasteiger partial charge >= 0.3 is 57.2 Å². The van der Waals surface area contributed by atoms with Gasteiger partial charge in [0.2, 0.25) is 0 Å². The Hall–Kier alpha value is 0.905. The van der Waals surface area contributed by atoms with E-state index in [0.29, 0.717) is 0 Å². The molecule has 0 radical (unpaired) electrons. The van der Waals surface area contributed by atoms with E-state index in [1.807, 2.05) is 0 Å². The first-order chi connectivity index (χ1) is 3.71. The second-order valence-corrected chi connectivity index (χ2v) is 16.9. The molecule has 0 atom stereocenters. The molecule has 0 aromatic carbocycles. The van der Waals surface area contributed by atoms with Crippen LogP contribution in [0.25, 0.3) is 0 Å². The summed E-state index contributed by atoms with van der Waals surface area (Å²) < 4.78 is 37.4. The SMILES string of the molecule is O=[P](O)(O)[Co][W](=[O])(=[O])[OH]. The van der Waals surface area contributed by atoms with E-state index >= 15 is 0 Å². The Bertz CT molecular complexity index is 219. The van der Waals surface area contributed by atoms with Crippen LogP contribution in [-0.2, 0) is 37.4 Å². The van der Waals surface area contributed by atoms with E-state index in [-0.39, 0.29) is 0 Å². The van der Waals surface area contributed by atoms with Gasteiger partial charge in [-0.25, -0.2) is 0 Å². The summed E-state index contributed by atoms with van der Waals surface area (Å²) in [5.41, 5.74) is 0. The summed E-state index contributed by atoms with van der Waals surface area (Å²) in [6.07, 6.45) is -4.60. The zero-order chi connectivity index (χ0) is 7.71. The van der Waals surface area contributed by atoms with Gasteiger partial charge in [-0.3, -0.25) is 0 Å². The Morgan fingerprint density at radius 1 is 1.33 bits per heavy atom. The van der Waals surface area contributed by atoms with E-state index < -0.39 is 32.3 Å². The van der Waals surface area contributed by atoms with Crippen molar-refractivity contribution < 1.29 is 50.9 Å². The van der Waals surface area contributed by atoms with Crippen LogP contribution in [0.1, 0.15) is 0 Å². The van der Waals surface area contributed by atoms with Crippen molar-refractivity contribution in [1.29, 1.82) is 0 Å². The van der Waals surface area contributed by atoms with Crippen LogP contribution in [-0.4, -0.2) is 13.5 Å². The molecule has 0 bridgehead atoms. The van der Waals surface area contributed by atoms with Crippen LogP contribution in [0.5, 0.6) is 0 Å². The Balaban J connectivity index is 4.26. The van der Waals surface area contributed by atoms with Gasteiger partial charge in [-0.15, -0.1) is 0 Å². The Morgan fingerprint density at radius 2 is 1.67 bits per heavy atom. The zero-order valence-corrected chi connectivity index (χ0v) is 8.62. The molecule has 0 amide bonds. The van der Waals surface area contributed by atoms with Gasteiger partial charge in [0.25, 0.3) is 0 Å². The molecule has 9 heteroatoms. The molecule has 0 fully saturated rings. The molecular weight excluding hydrogens is 370 g/mol. The summed E-state index contributed by atoms with van der Waals surface area (Å²) in [7, 11) is 0. The molecule has 0 saturated heterocycles. The molecule has 0 spiro atoms. The van der Waals surface area contributed by atoms with Crippen LogP contribution < -0.4 is 0 Å². The van der Waals surface area contributed by atoms with Crippen molar-refractivity contribution in [2.45, 2.75) is 0 Å². The van der Waals surface area contributed by atoms with Crippen molar-refractivity contribution >= 4 is 6.33 Å². The fraction of sp³-hybridized carbons (Fsp3) is 0. The summed E-state index contributed by atoms with van der Waals surface area (Å²) in [6, 6.07) is 0. The van der Waals surface area contributed by atoms with Crippen LogP contribution in [0.15, 0.2) is 0 Å². The standard InChI is InChI=1S/Co.HO3P.H2O.2O.W/c;1-4(2)3;;;;/h;(H-,1,2,3);1H2;;;/q-1;;;;;+1. The predicted octanol–water partition coefficient (Wildman–Crippen LogP) is -1.17. The predicted molar refractivity (Wildman–Crippen MR) is 15.6 cm³/mol. The molecule has 59 valence electrons. The fourth-order valence-electron chi connectivity index (χ4n) is 0.100. The molecule has 0 rings (SSSR count). The third kappa shape index (κ3) is 8.90. The number of hydrogen-bond donors (Lipinski definition) is 3. The van der Waals surface area contributed by atoms with E-state index in [0.717, 1.165) is 0 Å². The summed E-state index contributed by atoms with van der Waals surface area (Å²) >= 11 is -6.84. The minimum absolute atomic E-state index is 1.12. The van der Waals surface area contributed by atoms with Crippen LogP contribution in [0, 0.1) is 0 Å². The molecule has 0 aliphatic rings. The molecule has 0 aromatic rings. The van der Waals surface area contributed by atoms with Crippen molar-refractivity contribution in [3.05, 3.63) is 0 Å². The molecule has 0 heterocycles. The van der Waals surface area contributed by atoms with E-state index in [9.17, 15) is 11.4 Å². The summed E-state index contributed by atoms with van der Waals surface area (Å²) in [5, 5.41) is 0. The molecule has 3 N–H and O–H groups in total. The summed E-state index contributed by atoms with van der Waals surface area (Å²) in [5.74, 6) is 0. The average Bonchev–Trinajstić information content (AvgIpc) is 1.14. The average molecular weight is 373 g/mol. The molecular formula is H3CoO6PW. The van der Waals surface area contributed by atoms with Crippen molar-refractivity contribution in [2.75, 3.05) is 0 Å². The summed E-state index contributed by atoms with van der Waals surface area (Å²) in [4.78, 5) is 15.9. The quantitative estimate of drug-likeness (QED) is 0.527. The van der Waals surface area contributed by atoms with Gasteiger partial charge in [-0.1, -0.05) is 0 Å². The van der Waals surface area contributed by atoms with Gasteiger partial charge in [0.05, 0.1) is 0 Å². The Labute approximate surface area is 57.3 Å². The van der Waals surface area contributed by atoms with Gasteiger partial charge in [-0.2, -0.15) is 0 Å². The Morgan fingerprint density at radius 3 is 1.67 bits per heavy atom. The molecule has 0 unspecified atom stereocenters. The minimum atomic E-state index is -5.73. The van der Waals surface area contributed by atoms with E-state index in [2.05, 4.69) is 0 Å². The van der Waals surface area contributed by atoms with Gasteiger partial charge in [0, 0.05) is 0 Å². The second kappa shape index (κ2) is 2.88. The molecule has 0 aliphatic heterocycles. The number of rotatable bonds is 2. The number of hydrogen-bond acceptors (Lipinski definition) is 3. The topological polar surface area (TPSA) is 112 Å². The maximum absolute atomic E-state index is 9.82. The van der Waals surface area contributed by atoms with E-state index in [4.69, 9.17) is 13.5 Å². The van der Waals surface area contributed by atoms with Gasteiger partial charge in [-0.05, 0) is 0 Å². The normalized spacial score (nSPS) is 14.1. The van der Waals surface area contributed by atoms with Crippen molar-refractivity contribution in [2.24, 2.45) is 0 Å². The van der Waals surface area contributed by atoms with E-state index in [1.54, 1.807) is 0 Å². The van der Waals surface area contributed by atoms with Gasteiger partial charge in [0.1, 0.15) is 0 Å². The van der Waals surface area contributed by atoms with E-state index in [1.165, 1.54) is 0 Å². The molecule has 9 heavy (non-hydrogen) atoms. The fourth-order valence-corrected chi connectivity index (χ4v) is 10.1. The first-order valence-corrected chi connectivity index (χ1v) is 12.4. The Kier molecular flexibility index (Phi) is 3.17. The summed E-state index contributed by atoms with van der Waals surface area (Å²) in [6.45, 7) is 0. The van der Waals surface area contributed by atoms with Crippen LogP contribution in [0.3, 0.4) is 0 Å². The third-order valence-electron chi connectivity index (χ3n) is 0.156.